The summed E-state index contributed by atoms with van der Waals surface area (Å²) in [4.78, 5) is 11.8. The van der Waals surface area contributed by atoms with E-state index in [1.165, 1.54) is 6.92 Å². The molecule has 106 valence electrons. The number of rotatable bonds is 3. The molecule has 1 atom stereocenters. The zero-order valence-corrected chi connectivity index (χ0v) is 11.3. The first kappa shape index (κ1) is 15.3. The number of amides is 1. The van der Waals surface area contributed by atoms with E-state index in [4.69, 9.17) is 0 Å². The second kappa shape index (κ2) is 5.50. The Morgan fingerprint density at radius 2 is 1.63 bits per heavy atom. The average molecular weight is 274 g/mol. The van der Waals surface area contributed by atoms with Gasteiger partial charge in [0.05, 0.1) is 5.69 Å². The van der Waals surface area contributed by atoms with Gasteiger partial charge in [0.15, 0.2) is 11.6 Å². The molecule has 1 rings (SSSR count). The van der Waals surface area contributed by atoms with E-state index in [-0.39, 0.29) is 11.6 Å². The zero-order valence-electron chi connectivity index (χ0n) is 11.3. The SMILES string of the molecule is CC(Nc1cc(F)c(F)cc1F)C(=O)NC(C)(C)C. The van der Waals surface area contributed by atoms with E-state index in [9.17, 15) is 18.0 Å². The molecule has 0 aliphatic rings. The van der Waals surface area contributed by atoms with E-state index in [2.05, 4.69) is 10.6 Å². The topological polar surface area (TPSA) is 41.1 Å². The molecule has 0 bridgehead atoms. The van der Waals surface area contributed by atoms with Crippen LogP contribution in [0.2, 0.25) is 0 Å². The van der Waals surface area contributed by atoms with Gasteiger partial charge in [0.1, 0.15) is 11.9 Å². The van der Waals surface area contributed by atoms with Crippen LogP contribution >= 0.6 is 0 Å². The molecule has 0 radical (unpaired) electrons. The van der Waals surface area contributed by atoms with Crippen molar-refractivity contribution in [1.82, 2.24) is 5.32 Å². The zero-order chi connectivity index (χ0) is 14.8. The van der Waals surface area contributed by atoms with E-state index in [0.717, 1.165) is 0 Å². The maximum absolute atomic E-state index is 13.4. The van der Waals surface area contributed by atoms with Crippen molar-refractivity contribution in [2.24, 2.45) is 0 Å². The normalized spacial score (nSPS) is 13.0. The maximum atomic E-state index is 13.4. The van der Waals surface area contributed by atoms with Crippen molar-refractivity contribution in [3.8, 4) is 0 Å². The monoisotopic (exact) mass is 274 g/mol. The van der Waals surface area contributed by atoms with Gasteiger partial charge in [0.2, 0.25) is 5.91 Å². The summed E-state index contributed by atoms with van der Waals surface area (Å²) in [5, 5.41) is 5.20. The molecule has 0 fully saturated rings. The average Bonchev–Trinajstić information content (AvgIpc) is 2.23. The number of benzene rings is 1. The summed E-state index contributed by atoms with van der Waals surface area (Å²) < 4.78 is 39.1. The highest BCUT2D eigenvalue weighted by Crippen LogP contribution is 2.19. The predicted octanol–water partition coefficient (Wildman–Crippen LogP) is 2.82. The fraction of sp³-hybridized carbons (Fsp3) is 0.462. The molecule has 19 heavy (non-hydrogen) atoms. The summed E-state index contributed by atoms with van der Waals surface area (Å²) in [6.45, 7) is 6.91. The number of carbonyl (C=O) groups is 1. The Balaban J connectivity index is 2.80. The minimum Gasteiger partial charge on any atom is -0.371 e. The molecule has 0 aromatic heterocycles. The molecule has 0 aliphatic carbocycles. The van der Waals surface area contributed by atoms with Gasteiger partial charge in [0.25, 0.3) is 0 Å². The summed E-state index contributed by atoms with van der Waals surface area (Å²) in [6, 6.07) is 0.344. The van der Waals surface area contributed by atoms with Crippen molar-refractivity contribution in [2.45, 2.75) is 39.3 Å². The highest BCUT2D eigenvalue weighted by molar-refractivity contribution is 5.84. The van der Waals surface area contributed by atoms with Crippen molar-refractivity contribution in [1.29, 1.82) is 0 Å². The van der Waals surface area contributed by atoms with Gasteiger partial charge in [0, 0.05) is 17.7 Å². The fourth-order valence-corrected chi connectivity index (χ4v) is 1.41. The van der Waals surface area contributed by atoms with Crippen LogP contribution in [-0.2, 0) is 4.79 Å². The summed E-state index contributed by atoms with van der Waals surface area (Å²) in [5.41, 5.74) is -0.685. The van der Waals surface area contributed by atoms with Crippen molar-refractivity contribution >= 4 is 11.6 Å². The molecular formula is C13H17F3N2O. The van der Waals surface area contributed by atoms with Crippen LogP contribution in [0, 0.1) is 17.5 Å². The molecule has 0 heterocycles. The summed E-state index contributed by atoms with van der Waals surface area (Å²) in [7, 11) is 0. The lowest BCUT2D eigenvalue weighted by Gasteiger charge is -2.24. The lowest BCUT2D eigenvalue weighted by Crippen LogP contribution is -2.47. The Hall–Kier alpha value is -1.72. The van der Waals surface area contributed by atoms with E-state index in [0.29, 0.717) is 12.1 Å². The second-order valence-corrected chi connectivity index (χ2v) is 5.35. The first-order chi connectivity index (χ1) is 8.60. The number of anilines is 1. The Morgan fingerprint density at radius 1 is 1.11 bits per heavy atom. The number of nitrogens with one attached hydrogen (secondary N) is 2. The van der Waals surface area contributed by atoms with E-state index < -0.39 is 29.0 Å². The van der Waals surface area contributed by atoms with Gasteiger partial charge in [-0.05, 0) is 27.7 Å². The third kappa shape index (κ3) is 4.46. The maximum Gasteiger partial charge on any atom is 0.242 e. The molecule has 0 aliphatic heterocycles. The Labute approximate surface area is 110 Å². The van der Waals surface area contributed by atoms with Crippen molar-refractivity contribution in [3.05, 3.63) is 29.6 Å². The van der Waals surface area contributed by atoms with Crippen LogP contribution in [-0.4, -0.2) is 17.5 Å². The number of hydrogen-bond acceptors (Lipinski definition) is 2. The largest absolute Gasteiger partial charge is 0.371 e. The second-order valence-electron chi connectivity index (χ2n) is 5.35. The first-order valence-corrected chi connectivity index (χ1v) is 5.83. The Bertz CT molecular complexity index is 484. The predicted molar refractivity (Wildman–Crippen MR) is 67.3 cm³/mol. The molecule has 1 amide bonds. The first-order valence-electron chi connectivity index (χ1n) is 5.83. The van der Waals surface area contributed by atoms with Crippen LogP contribution in [0.1, 0.15) is 27.7 Å². The molecule has 0 saturated carbocycles. The van der Waals surface area contributed by atoms with Gasteiger partial charge in [-0.25, -0.2) is 13.2 Å². The fourth-order valence-electron chi connectivity index (χ4n) is 1.41. The molecule has 1 unspecified atom stereocenters. The molecule has 0 spiro atoms. The third-order valence-electron chi connectivity index (χ3n) is 2.27. The molecule has 6 heteroatoms. The smallest absolute Gasteiger partial charge is 0.242 e. The van der Waals surface area contributed by atoms with Crippen LogP contribution in [0.15, 0.2) is 12.1 Å². The highest BCUT2D eigenvalue weighted by Gasteiger charge is 2.20. The minimum absolute atomic E-state index is 0.254. The minimum atomic E-state index is -1.27. The summed E-state index contributed by atoms with van der Waals surface area (Å²) >= 11 is 0. The van der Waals surface area contributed by atoms with Gasteiger partial charge in [-0.15, -0.1) is 0 Å². The Morgan fingerprint density at radius 3 is 2.16 bits per heavy atom. The number of hydrogen-bond donors (Lipinski definition) is 2. The third-order valence-corrected chi connectivity index (χ3v) is 2.27. The van der Waals surface area contributed by atoms with Crippen LogP contribution < -0.4 is 10.6 Å². The van der Waals surface area contributed by atoms with Crippen LogP contribution in [0.25, 0.3) is 0 Å². The molecule has 1 aromatic rings. The van der Waals surface area contributed by atoms with Crippen molar-refractivity contribution in [3.63, 3.8) is 0 Å². The van der Waals surface area contributed by atoms with E-state index in [1.807, 2.05) is 0 Å². The van der Waals surface area contributed by atoms with Gasteiger partial charge in [-0.2, -0.15) is 0 Å². The lowest BCUT2D eigenvalue weighted by molar-refractivity contribution is -0.122. The summed E-state index contributed by atoms with van der Waals surface area (Å²) in [5.74, 6) is -3.76. The summed E-state index contributed by atoms with van der Waals surface area (Å²) in [6.07, 6.45) is 0. The van der Waals surface area contributed by atoms with Crippen LogP contribution in [0.4, 0.5) is 18.9 Å². The van der Waals surface area contributed by atoms with Crippen LogP contribution in [0.3, 0.4) is 0 Å². The van der Waals surface area contributed by atoms with E-state index >= 15 is 0 Å². The molecule has 1 aromatic carbocycles. The molecular weight excluding hydrogens is 257 g/mol. The quantitative estimate of drug-likeness (QED) is 0.832. The standard InChI is InChI=1S/C13H17F3N2O/c1-7(12(19)18-13(2,3)4)17-11-6-9(15)8(14)5-10(11)16/h5-7,17H,1-4H3,(H,18,19). The molecule has 3 nitrogen and oxygen atoms in total. The van der Waals surface area contributed by atoms with Gasteiger partial charge in [-0.1, -0.05) is 0 Å². The van der Waals surface area contributed by atoms with Crippen molar-refractivity contribution < 1.29 is 18.0 Å². The molecule has 2 N–H and O–H groups in total. The highest BCUT2D eigenvalue weighted by atomic mass is 19.2. The molecule has 0 saturated heterocycles. The lowest BCUT2D eigenvalue weighted by atomic mass is 10.1. The van der Waals surface area contributed by atoms with Gasteiger partial charge >= 0.3 is 0 Å². The number of halogens is 3. The van der Waals surface area contributed by atoms with Gasteiger partial charge < -0.3 is 10.6 Å². The number of carbonyl (C=O) groups excluding carboxylic acids is 1. The van der Waals surface area contributed by atoms with Gasteiger partial charge in [-0.3, -0.25) is 4.79 Å². The van der Waals surface area contributed by atoms with Crippen molar-refractivity contribution in [2.75, 3.05) is 5.32 Å². The Kier molecular flexibility index (Phi) is 4.44. The van der Waals surface area contributed by atoms with E-state index in [1.54, 1.807) is 20.8 Å². The van der Waals surface area contributed by atoms with Crippen LogP contribution in [0.5, 0.6) is 0 Å².